The van der Waals surface area contributed by atoms with E-state index in [0.29, 0.717) is 5.56 Å². The van der Waals surface area contributed by atoms with Gasteiger partial charge in [0, 0.05) is 27.2 Å². The molecule has 1 amide bonds. The maximum Gasteiger partial charge on any atom is 0.547 e. The summed E-state index contributed by atoms with van der Waals surface area (Å²) in [6.07, 6.45) is 0.541. The molecule has 1 aromatic carbocycles. The summed E-state index contributed by atoms with van der Waals surface area (Å²) in [5.41, 5.74) is 0.640. The van der Waals surface area contributed by atoms with E-state index >= 15 is 0 Å². The highest BCUT2D eigenvalue weighted by Crippen LogP contribution is 2.36. The van der Waals surface area contributed by atoms with Gasteiger partial charge in [0.2, 0.25) is 11.7 Å². The third kappa shape index (κ3) is 3.83. The highest BCUT2D eigenvalue weighted by Gasteiger charge is 2.54. The summed E-state index contributed by atoms with van der Waals surface area (Å²) in [5, 5.41) is 12.9. The first-order valence-corrected chi connectivity index (χ1v) is 8.97. The predicted octanol–water partition coefficient (Wildman–Crippen LogP) is 0.718. The number of amides is 1. The number of carbonyl (C=O) groups excluding carboxylic acids is 3. The second-order valence-corrected chi connectivity index (χ2v) is 7.26. The largest absolute Gasteiger partial charge is 0.547 e. The van der Waals surface area contributed by atoms with Crippen molar-refractivity contribution in [2.45, 2.75) is 58.1 Å². The molecule has 9 nitrogen and oxygen atoms in total. The second-order valence-electron chi connectivity index (χ2n) is 7.26. The minimum atomic E-state index is -1.89. The third-order valence-electron chi connectivity index (χ3n) is 4.44. The van der Waals surface area contributed by atoms with E-state index in [4.69, 9.17) is 18.9 Å². The van der Waals surface area contributed by atoms with Gasteiger partial charge in [-0.15, -0.1) is 0 Å². The Morgan fingerprint density at radius 2 is 2.07 bits per heavy atom. The van der Waals surface area contributed by atoms with Gasteiger partial charge in [-0.05, 0) is 18.1 Å². The Bertz CT molecular complexity index is 826. The summed E-state index contributed by atoms with van der Waals surface area (Å²) in [4.78, 5) is 36.4. The lowest BCUT2D eigenvalue weighted by atomic mass is 9.72. The average Bonchev–Trinajstić information content (AvgIpc) is 2.81. The zero-order valence-electron chi connectivity index (χ0n) is 16.1. The van der Waals surface area contributed by atoms with E-state index in [0.717, 1.165) is 0 Å². The summed E-state index contributed by atoms with van der Waals surface area (Å²) >= 11 is 0. The monoisotopic (exact) mass is 391 g/mol. The van der Waals surface area contributed by atoms with Crippen molar-refractivity contribution in [1.29, 1.82) is 0 Å². The summed E-state index contributed by atoms with van der Waals surface area (Å²) in [6, 6.07) is 4.79. The van der Waals surface area contributed by atoms with Crippen LogP contribution < -0.4 is 9.97 Å². The molecule has 2 atom stereocenters. The Morgan fingerprint density at radius 1 is 1.36 bits per heavy atom. The highest BCUT2D eigenvalue weighted by molar-refractivity contribution is 6.47. The fraction of sp³-hybridized carbons (Fsp3) is 0.500. The van der Waals surface area contributed by atoms with Gasteiger partial charge in [-0.2, -0.15) is 0 Å². The quantitative estimate of drug-likeness (QED) is 0.569. The van der Waals surface area contributed by atoms with Gasteiger partial charge >= 0.3 is 24.8 Å². The molecule has 0 bridgehead atoms. The van der Waals surface area contributed by atoms with E-state index in [1.807, 2.05) is 0 Å². The molecular formula is C18H22BNO8. The zero-order chi connectivity index (χ0) is 20.7. The average molecular weight is 391 g/mol. The summed E-state index contributed by atoms with van der Waals surface area (Å²) < 4.78 is 21.2. The third-order valence-corrected chi connectivity index (χ3v) is 4.44. The van der Waals surface area contributed by atoms with Crippen molar-refractivity contribution in [1.82, 2.24) is 5.32 Å². The van der Waals surface area contributed by atoms with Crippen molar-refractivity contribution in [3.05, 3.63) is 29.3 Å². The first-order valence-electron chi connectivity index (χ1n) is 8.97. The molecule has 2 N–H and O–H groups in total. The lowest BCUT2D eigenvalue weighted by Crippen LogP contribution is -2.53. The standard InChI is InChI=1S/C18H22BNO8/c1-5-13(21)20-12-9-10-7-6-8-11(14(10)27-19(12)24)15(22)25-18(4)16(23)26-17(2,3)28-18/h6-8,12,24H,5,9H2,1-4H3,(H,20,21)/t12-,18?/m0/s1. The van der Waals surface area contributed by atoms with Gasteiger partial charge in [0.15, 0.2) is 0 Å². The topological polar surface area (TPSA) is 120 Å². The van der Waals surface area contributed by atoms with Crippen LogP contribution in [0.5, 0.6) is 5.75 Å². The Balaban J connectivity index is 1.82. The fourth-order valence-corrected chi connectivity index (χ4v) is 3.16. The minimum absolute atomic E-state index is 0.0270. The normalized spacial score (nSPS) is 25.4. The molecule has 28 heavy (non-hydrogen) atoms. The van der Waals surface area contributed by atoms with Crippen molar-refractivity contribution in [2.75, 3.05) is 0 Å². The molecule has 0 spiro atoms. The number of cyclic esters (lactones) is 1. The van der Waals surface area contributed by atoms with E-state index in [-0.39, 0.29) is 30.1 Å². The van der Waals surface area contributed by atoms with Gasteiger partial charge in [0.25, 0.3) is 0 Å². The van der Waals surface area contributed by atoms with Crippen molar-refractivity contribution in [3.63, 3.8) is 0 Å². The first kappa shape index (κ1) is 20.2. The summed E-state index contributed by atoms with van der Waals surface area (Å²) in [6.45, 7) is 6.05. The number of rotatable bonds is 4. The number of ether oxygens (including phenoxy) is 3. The molecule has 2 aliphatic rings. The molecule has 0 aliphatic carbocycles. The van der Waals surface area contributed by atoms with Crippen LogP contribution in [0.1, 0.15) is 50.0 Å². The van der Waals surface area contributed by atoms with Gasteiger partial charge in [0.05, 0.1) is 5.94 Å². The maximum absolute atomic E-state index is 12.7. The van der Waals surface area contributed by atoms with Crippen LogP contribution in [0.3, 0.4) is 0 Å². The number of fused-ring (bicyclic) bond motifs is 1. The number of hydrogen-bond acceptors (Lipinski definition) is 8. The lowest BCUT2D eigenvalue weighted by molar-refractivity contribution is -0.221. The second kappa shape index (κ2) is 7.10. The number of para-hydroxylation sites is 1. The van der Waals surface area contributed by atoms with Crippen LogP contribution >= 0.6 is 0 Å². The van der Waals surface area contributed by atoms with Gasteiger partial charge in [-0.3, -0.25) is 9.53 Å². The molecule has 10 heteroatoms. The van der Waals surface area contributed by atoms with Crippen LogP contribution in [0.4, 0.5) is 0 Å². The SMILES string of the molecule is CCC(=O)N[C@H]1Cc2cccc(C(=O)OC3(C)OC(C)(C)OC3=O)c2OB1O. The van der Waals surface area contributed by atoms with Crippen LogP contribution in [0.15, 0.2) is 18.2 Å². The van der Waals surface area contributed by atoms with Gasteiger partial charge in [0.1, 0.15) is 11.3 Å². The van der Waals surface area contributed by atoms with E-state index in [1.54, 1.807) is 19.1 Å². The molecule has 1 saturated heterocycles. The number of nitrogens with one attached hydrogen (secondary N) is 1. The molecular weight excluding hydrogens is 369 g/mol. The molecule has 1 fully saturated rings. The predicted molar refractivity (Wildman–Crippen MR) is 96.0 cm³/mol. The smallest absolute Gasteiger partial charge is 0.534 e. The van der Waals surface area contributed by atoms with Crippen molar-refractivity contribution < 1.29 is 38.3 Å². The number of carbonyl (C=O) groups is 3. The molecule has 2 aliphatic heterocycles. The molecule has 2 heterocycles. The first-order chi connectivity index (χ1) is 13.0. The lowest BCUT2D eigenvalue weighted by Gasteiger charge is -2.29. The van der Waals surface area contributed by atoms with Crippen LogP contribution in [-0.2, 0) is 30.2 Å². The molecule has 1 unspecified atom stereocenters. The number of esters is 2. The van der Waals surface area contributed by atoms with E-state index in [9.17, 15) is 19.4 Å². The summed E-state index contributed by atoms with van der Waals surface area (Å²) in [7, 11) is -1.33. The van der Waals surface area contributed by atoms with Crippen molar-refractivity contribution >= 4 is 25.0 Å². The van der Waals surface area contributed by atoms with E-state index in [1.165, 1.54) is 26.8 Å². The Kier molecular flexibility index (Phi) is 5.11. The fourth-order valence-electron chi connectivity index (χ4n) is 3.16. The maximum atomic E-state index is 12.7. The highest BCUT2D eigenvalue weighted by atomic mass is 16.9. The molecule has 150 valence electrons. The molecule has 1 aromatic rings. The van der Waals surface area contributed by atoms with Gasteiger partial charge < -0.3 is 24.5 Å². The Morgan fingerprint density at radius 3 is 2.68 bits per heavy atom. The van der Waals surface area contributed by atoms with Crippen LogP contribution in [0.2, 0.25) is 0 Å². The number of benzene rings is 1. The van der Waals surface area contributed by atoms with Gasteiger partial charge in [-0.25, -0.2) is 9.59 Å². The number of hydrogen-bond donors (Lipinski definition) is 2. The van der Waals surface area contributed by atoms with Gasteiger partial charge in [-0.1, -0.05) is 19.1 Å². The molecule has 3 rings (SSSR count). The Labute approximate surface area is 162 Å². The van der Waals surface area contributed by atoms with Crippen molar-refractivity contribution in [2.24, 2.45) is 0 Å². The van der Waals surface area contributed by atoms with Crippen LogP contribution in [0, 0.1) is 0 Å². The van der Waals surface area contributed by atoms with Crippen molar-refractivity contribution in [3.8, 4) is 5.75 Å². The Hall–Kier alpha value is -2.59. The van der Waals surface area contributed by atoms with E-state index in [2.05, 4.69) is 5.32 Å². The molecule has 0 radical (unpaired) electrons. The molecule has 0 aromatic heterocycles. The zero-order valence-corrected chi connectivity index (χ0v) is 16.1. The van der Waals surface area contributed by atoms with E-state index < -0.39 is 36.6 Å². The summed E-state index contributed by atoms with van der Waals surface area (Å²) in [5.74, 6) is -5.53. The molecule has 0 saturated carbocycles. The van der Waals surface area contributed by atoms with Crippen LogP contribution in [-0.4, -0.2) is 47.5 Å². The van der Waals surface area contributed by atoms with Crippen LogP contribution in [0.25, 0.3) is 0 Å². The minimum Gasteiger partial charge on any atom is -0.534 e.